The van der Waals surface area contributed by atoms with E-state index >= 15 is 0 Å². The Kier molecular flexibility index (Phi) is 3.73. The van der Waals surface area contributed by atoms with E-state index in [-0.39, 0.29) is 5.91 Å². The highest BCUT2D eigenvalue weighted by Gasteiger charge is 2.34. The number of benzene rings is 2. The quantitative estimate of drug-likeness (QED) is 0.773. The molecule has 2 aromatic carbocycles. The molecule has 3 aromatic rings. The van der Waals surface area contributed by atoms with Gasteiger partial charge in [0, 0.05) is 29.7 Å². The summed E-state index contributed by atoms with van der Waals surface area (Å²) in [5.41, 5.74) is 2.91. The number of hydrogen-bond donors (Lipinski definition) is 1. The molecule has 1 heterocycles. The molecule has 1 aromatic heterocycles. The van der Waals surface area contributed by atoms with E-state index in [0.717, 1.165) is 18.4 Å². The molecular weight excluding hydrogens is 300 g/mol. The summed E-state index contributed by atoms with van der Waals surface area (Å²) in [6.07, 6.45) is 4.09. The van der Waals surface area contributed by atoms with Crippen LogP contribution in [0, 0.1) is 0 Å². The molecule has 122 valence electrons. The molecule has 24 heavy (non-hydrogen) atoms. The van der Waals surface area contributed by atoms with Gasteiger partial charge in [-0.15, -0.1) is 0 Å². The second-order valence-electron chi connectivity index (χ2n) is 6.22. The van der Waals surface area contributed by atoms with Gasteiger partial charge in [-0.25, -0.2) is 0 Å². The van der Waals surface area contributed by atoms with Crippen LogP contribution < -0.4 is 4.74 Å². The maximum absolute atomic E-state index is 13.1. The smallest absolute Gasteiger partial charge is 0.258 e. The van der Waals surface area contributed by atoms with Gasteiger partial charge >= 0.3 is 0 Å². The summed E-state index contributed by atoms with van der Waals surface area (Å²) in [7, 11) is 1.61. The van der Waals surface area contributed by atoms with Crippen LogP contribution in [0.5, 0.6) is 5.75 Å². The van der Waals surface area contributed by atoms with E-state index in [1.54, 1.807) is 7.11 Å². The topological polar surface area (TPSA) is 45.3 Å². The van der Waals surface area contributed by atoms with Crippen LogP contribution >= 0.6 is 0 Å². The van der Waals surface area contributed by atoms with E-state index in [1.807, 2.05) is 41.4 Å². The van der Waals surface area contributed by atoms with Crippen molar-refractivity contribution in [3.05, 3.63) is 65.9 Å². The van der Waals surface area contributed by atoms with E-state index in [0.29, 0.717) is 23.9 Å². The third-order valence-electron chi connectivity index (χ3n) is 4.61. The van der Waals surface area contributed by atoms with Crippen molar-refractivity contribution < 1.29 is 9.53 Å². The number of carbonyl (C=O) groups excluding carboxylic acids is 1. The van der Waals surface area contributed by atoms with Crippen LogP contribution in [0.2, 0.25) is 0 Å². The van der Waals surface area contributed by atoms with Crippen molar-refractivity contribution in [2.45, 2.75) is 25.4 Å². The lowest BCUT2D eigenvalue weighted by Crippen LogP contribution is -2.32. The number of amides is 1. The number of fused-ring (bicyclic) bond motifs is 1. The lowest BCUT2D eigenvalue weighted by Gasteiger charge is -2.24. The van der Waals surface area contributed by atoms with Gasteiger partial charge in [0.05, 0.1) is 12.7 Å². The summed E-state index contributed by atoms with van der Waals surface area (Å²) in [6, 6.07) is 16.0. The summed E-state index contributed by atoms with van der Waals surface area (Å²) in [5.74, 6) is 0.676. The number of H-pyrrole nitrogens is 1. The van der Waals surface area contributed by atoms with Gasteiger partial charge in [-0.1, -0.05) is 24.3 Å². The minimum atomic E-state index is 0.0440. The predicted molar refractivity (Wildman–Crippen MR) is 94.2 cm³/mol. The summed E-state index contributed by atoms with van der Waals surface area (Å²) in [5, 5.41) is 1.18. The lowest BCUT2D eigenvalue weighted by atomic mass is 10.1. The van der Waals surface area contributed by atoms with Gasteiger partial charge in [-0.2, -0.15) is 0 Å². The molecular formula is C20H20N2O2. The molecule has 1 N–H and O–H groups in total. The molecule has 0 unspecified atom stereocenters. The molecule has 1 saturated carbocycles. The highest BCUT2D eigenvalue weighted by atomic mass is 16.5. The minimum Gasteiger partial charge on any atom is -0.496 e. The standard InChI is InChI=1S/C20H20N2O2/c1-24-19-8-3-2-6-17(19)20(23)22(15-9-10-15)13-14-5-4-7-18-16(14)11-12-21-18/h2-8,11-12,15,21H,9-10,13H2,1H3. The second kappa shape index (κ2) is 6.04. The normalized spacial score (nSPS) is 13.9. The highest BCUT2D eigenvalue weighted by molar-refractivity contribution is 5.97. The SMILES string of the molecule is COc1ccccc1C(=O)N(Cc1cccc2[nH]ccc12)C1CC1. The first-order valence-corrected chi connectivity index (χ1v) is 8.27. The number of aromatic nitrogens is 1. The zero-order chi connectivity index (χ0) is 16.5. The Balaban J connectivity index is 1.68. The molecule has 1 aliphatic rings. The minimum absolute atomic E-state index is 0.0440. The number of carbonyl (C=O) groups is 1. The van der Waals surface area contributed by atoms with Crippen LogP contribution in [0.1, 0.15) is 28.8 Å². The van der Waals surface area contributed by atoms with Crippen LogP contribution in [0.3, 0.4) is 0 Å². The fourth-order valence-corrected chi connectivity index (χ4v) is 3.20. The molecule has 0 aliphatic heterocycles. The summed E-state index contributed by atoms with van der Waals surface area (Å²) >= 11 is 0. The van der Waals surface area contributed by atoms with Gasteiger partial charge < -0.3 is 14.6 Å². The van der Waals surface area contributed by atoms with Crippen LogP contribution in [-0.4, -0.2) is 28.9 Å². The molecule has 1 fully saturated rings. The number of methoxy groups -OCH3 is 1. The maximum Gasteiger partial charge on any atom is 0.258 e. The van der Waals surface area contributed by atoms with E-state index in [2.05, 4.69) is 23.2 Å². The molecule has 0 atom stereocenters. The fourth-order valence-electron chi connectivity index (χ4n) is 3.20. The van der Waals surface area contributed by atoms with Crippen molar-refractivity contribution in [2.24, 2.45) is 0 Å². The van der Waals surface area contributed by atoms with Crippen molar-refractivity contribution in [3.8, 4) is 5.75 Å². The van der Waals surface area contributed by atoms with Crippen LogP contribution in [0.4, 0.5) is 0 Å². The van der Waals surface area contributed by atoms with Gasteiger partial charge in [0.2, 0.25) is 0 Å². The zero-order valence-electron chi connectivity index (χ0n) is 13.7. The van der Waals surface area contributed by atoms with Crippen molar-refractivity contribution in [1.82, 2.24) is 9.88 Å². The van der Waals surface area contributed by atoms with E-state index < -0.39 is 0 Å². The van der Waals surface area contributed by atoms with E-state index in [1.165, 1.54) is 10.9 Å². The lowest BCUT2D eigenvalue weighted by molar-refractivity contribution is 0.0727. The molecule has 0 spiro atoms. The monoisotopic (exact) mass is 320 g/mol. The number of hydrogen-bond acceptors (Lipinski definition) is 2. The van der Waals surface area contributed by atoms with Crippen molar-refractivity contribution in [1.29, 1.82) is 0 Å². The van der Waals surface area contributed by atoms with E-state index in [9.17, 15) is 4.79 Å². The number of para-hydroxylation sites is 1. The Labute approximate surface area is 141 Å². The molecule has 4 heteroatoms. The molecule has 4 rings (SSSR count). The van der Waals surface area contributed by atoms with Gasteiger partial charge in [-0.05, 0) is 42.7 Å². The first kappa shape index (κ1) is 14.8. The third-order valence-corrected chi connectivity index (χ3v) is 4.61. The number of nitrogens with zero attached hydrogens (tertiary/aromatic N) is 1. The van der Waals surface area contributed by atoms with Crippen molar-refractivity contribution in [3.63, 3.8) is 0 Å². The van der Waals surface area contributed by atoms with Crippen LogP contribution in [-0.2, 0) is 6.54 Å². The number of aromatic amines is 1. The predicted octanol–water partition coefficient (Wildman–Crippen LogP) is 3.98. The molecule has 1 amide bonds. The van der Waals surface area contributed by atoms with Crippen molar-refractivity contribution in [2.75, 3.05) is 7.11 Å². The highest BCUT2D eigenvalue weighted by Crippen LogP contribution is 2.32. The fraction of sp³-hybridized carbons (Fsp3) is 0.250. The summed E-state index contributed by atoms with van der Waals surface area (Å²) in [4.78, 5) is 18.3. The number of nitrogens with one attached hydrogen (secondary N) is 1. The first-order valence-electron chi connectivity index (χ1n) is 8.27. The molecule has 4 nitrogen and oxygen atoms in total. The van der Waals surface area contributed by atoms with Crippen LogP contribution in [0.15, 0.2) is 54.7 Å². The molecule has 0 bridgehead atoms. The first-order chi connectivity index (χ1) is 11.8. The van der Waals surface area contributed by atoms with Crippen molar-refractivity contribution >= 4 is 16.8 Å². The second-order valence-corrected chi connectivity index (χ2v) is 6.22. The average Bonchev–Trinajstić information content (AvgIpc) is 3.35. The molecule has 0 saturated heterocycles. The molecule has 1 aliphatic carbocycles. The van der Waals surface area contributed by atoms with E-state index in [4.69, 9.17) is 4.74 Å². The summed E-state index contributed by atoms with van der Waals surface area (Å²) < 4.78 is 5.37. The van der Waals surface area contributed by atoms with Gasteiger partial charge in [0.25, 0.3) is 5.91 Å². The Hall–Kier alpha value is -2.75. The average molecular weight is 320 g/mol. The Morgan fingerprint density at radius 1 is 1.17 bits per heavy atom. The zero-order valence-corrected chi connectivity index (χ0v) is 13.7. The Morgan fingerprint density at radius 3 is 2.79 bits per heavy atom. The third kappa shape index (κ3) is 2.64. The number of rotatable bonds is 5. The van der Waals surface area contributed by atoms with Gasteiger partial charge in [-0.3, -0.25) is 4.79 Å². The number of ether oxygens (including phenoxy) is 1. The summed E-state index contributed by atoms with van der Waals surface area (Å²) in [6.45, 7) is 0.622. The van der Waals surface area contributed by atoms with Crippen LogP contribution in [0.25, 0.3) is 10.9 Å². The molecule has 0 radical (unpaired) electrons. The van der Waals surface area contributed by atoms with Gasteiger partial charge in [0.15, 0.2) is 0 Å². The van der Waals surface area contributed by atoms with Gasteiger partial charge in [0.1, 0.15) is 5.75 Å². The largest absolute Gasteiger partial charge is 0.496 e. The Morgan fingerprint density at radius 2 is 2.00 bits per heavy atom. The Bertz CT molecular complexity index is 880. The maximum atomic E-state index is 13.1.